The number of ether oxygens (including phenoxy) is 2. The molecule has 8 heteroatoms. The lowest BCUT2D eigenvalue weighted by molar-refractivity contribution is 0.181. The highest BCUT2D eigenvalue weighted by Crippen LogP contribution is 2.33. The van der Waals surface area contributed by atoms with E-state index in [0.717, 1.165) is 27.3 Å². The molecule has 4 nitrogen and oxygen atoms in total. The number of carbonyl (C=O) groups excluding carboxylic acids is 2. The Kier molecular flexibility index (Phi) is 11.7. The minimum absolute atomic E-state index is 0.260. The molecule has 0 saturated heterocycles. The molecule has 0 aliphatic rings. The maximum absolute atomic E-state index is 11.0. The molecule has 1 unspecified atom stereocenters. The predicted molar refractivity (Wildman–Crippen MR) is 78.7 cm³/mol. The number of hydrogen-bond acceptors (Lipinski definition) is 8. The quantitative estimate of drug-likeness (QED) is 0.504. The summed E-state index contributed by atoms with van der Waals surface area (Å²) in [4.78, 5) is 22.1. The third kappa shape index (κ3) is 11.2. The fourth-order valence-electron chi connectivity index (χ4n) is 0.611. The van der Waals surface area contributed by atoms with Gasteiger partial charge in [-0.05, 0) is 13.8 Å². The summed E-state index contributed by atoms with van der Waals surface area (Å²) in [6.07, 6.45) is 0. The zero-order valence-electron chi connectivity index (χ0n) is 9.96. The number of rotatable bonds is 7. The van der Waals surface area contributed by atoms with Crippen molar-refractivity contribution in [3.05, 3.63) is 0 Å². The molecule has 0 fully saturated rings. The van der Waals surface area contributed by atoms with Crippen molar-refractivity contribution in [2.24, 2.45) is 0 Å². The first-order valence-corrected chi connectivity index (χ1v) is 9.59. The molecule has 0 rings (SSSR count). The summed E-state index contributed by atoms with van der Waals surface area (Å²) in [5, 5.41) is -0.281. The Morgan fingerprint density at radius 2 is 1.59 bits per heavy atom. The van der Waals surface area contributed by atoms with Gasteiger partial charge in [-0.25, -0.2) is 9.59 Å². The Bertz CT molecular complexity index is 237. The number of hydrogen-bond donors (Lipinski definition) is 0. The minimum atomic E-state index is -0.271. The van der Waals surface area contributed by atoms with Crippen LogP contribution in [0.5, 0.6) is 0 Å². The van der Waals surface area contributed by atoms with Crippen LogP contribution in [0.15, 0.2) is 0 Å². The van der Waals surface area contributed by atoms with E-state index in [1.54, 1.807) is 13.8 Å². The maximum atomic E-state index is 11.0. The van der Waals surface area contributed by atoms with E-state index in [0.29, 0.717) is 13.2 Å². The summed E-state index contributed by atoms with van der Waals surface area (Å²) in [5.41, 5.74) is 0. The molecule has 17 heavy (non-hydrogen) atoms. The van der Waals surface area contributed by atoms with Crippen molar-refractivity contribution in [3.8, 4) is 0 Å². The molecule has 0 aromatic carbocycles. The first-order chi connectivity index (χ1) is 8.10. The van der Waals surface area contributed by atoms with Gasteiger partial charge >= 0.3 is 10.6 Å². The van der Waals surface area contributed by atoms with Crippen LogP contribution in [0.2, 0.25) is 0 Å². The van der Waals surface area contributed by atoms with Crippen molar-refractivity contribution < 1.29 is 19.1 Å². The molecule has 0 heterocycles. The van der Waals surface area contributed by atoms with Crippen LogP contribution < -0.4 is 0 Å². The fourth-order valence-corrected chi connectivity index (χ4v) is 4.85. The van der Waals surface area contributed by atoms with E-state index in [9.17, 15) is 9.59 Å². The maximum Gasteiger partial charge on any atom is 0.378 e. The zero-order valence-corrected chi connectivity index (χ0v) is 13.2. The SMILES string of the molecule is CCOC(=O)SSCC(C)SSC(=O)OCC. The van der Waals surface area contributed by atoms with E-state index < -0.39 is 0 Å². The van der Waals surface area contributed by atoms with Gasteiger partial charge in [0.1, 0.15) is 0 Å². The zero-order chi connectivity index (χ0) is 13.1. The minimum Gasteiger partial charge on any atom is -0.457 e. The third-order valence-corrected chi connectivity index (χ3v) is 6.15. The van der Waals surface area contributed by atoms with Gasteiger partial charge in [-0.3, -0.25) is 0 Å². The Balaban J connectivity index is 3.49. The van der Waals surface area contributed by atoms with Gasteiger partial charge in [-0.1, -0.05) is 28.5 Å². The molecular formula is C9H16O4S4. The van der Waals surface area contributed by atoms with E-state index >= 15 is 0 Å². The van der Waals surface area contributed by atoms with Crippen molar-refractivity contribution in [1.82, 2.24) is 0 Å². The molecule has 0 N–H and O–H groups in total. The largest absolute Gasteiger partial charge is 0.457 e. The van der Waals surface area contributed by atoms with Gasteiger partial charge in [0, 0.05) is 32.6 Å². The van der Waals surface area contributed by atoms with Gasteiger partial charge < -0.3 is 9.47 Å². The van der Waals surface area contributed by atoms with E-state index in [1.165, 1.54) is 21.6 Å². The molecule has 0 radical (unpaired) electrons. The van der Waals surface area contributed by atoms with Crippen LogP contribution >= 0.6 is 43.2 Å². The van der Waals surface area contributed by atoms with Crippen LogP contribution in [0.25, 0.3) is 0 Å². The first kappa shape index (κ1) is 17.3. The lowest BCUT2D eigenvalue weighted by atomic mass is 10.6. The highest BCUT2D eigenvalue weighted by molar-refractivity contribution is 8.83. The predicted octanol–water partition coefficient (Wildman–Crippen LogP) is 4.45. The molecule has 0 amide bonds. The summed E-state index contributed by atoms with van der Waals surface area (Å²) in [6, 6.07) is 0. The lowest BCUT2D eigenvalue weighted by Crippen LogP contribution is -2.01. The molecular weight excluding hydrogens is 300 g/mol. The molecule has 0 bridgehead atoms. The van der Waals surface area contributed by atoms with Gasteiger partial charge in [0.15, 0.2) is 0 Å². The molecule has 1 atom stereocenters. The average Bonchev–Trinajstić information content (AvgIpc) is 2.27. The smallest absolute Gasteiger partial charge is 0.378 e. The Morgan fingerprint density at radius 3 is 2.12 bits per heavy atom. The summed E-state index contributed by atoms with van der Waals surface area (Å²) in [5.74, 6) is 0.764. The van der Waals surface area contributed by atoms with E-state index in [-0.39, 0.29) is 15.9 Å². The molecule has 0 aromatic rings. The van der Waals surface area contributed by atoms with Crippen molar-refractivity contribution in [2.75, 3.05) is 19.0 Å². The molecule has 100 valence electrons. The Labute approximate surface area is 118 Å². The molecule has 0 saturated carbocycles. The first-order valence-electron chi connectivity index (χ1n) is 5.06. The number of carbonyl (C=O) groups is 2. The monoisotopic (exact) mass is 316 g/mol. The van der Waals surface area contributed by atoms with Crippen molar-refractivity contribution >= 4 is 53.8 Å². The van der Waals surface area contributed by atoms with Gasteiger partial charge in [-0.15, -0.1) is 0 Å². The van der Waals surface area contributed by atoms with Gasteiger partial charge in [-0.2, -0.15) is 0 Å². The van der Waals surface area contributed by atoms with Crippen LogP contribution in [0.1, 0.15) is 20.8 Å². The standard InChI is InChI=1S/C9H16O4S4/c1-4-12-8(10)16-14-6-7(3)15-17-9(11)13-5-2/h7H,4-6H2,1-3H3. The highest BCUT2D eigenvalue weighted by Gasteiger charge is 2.11. The molecule has 0 aliphatic carbocycles. The summed E-state index contributed by atoms with van der Waals surface area (Å²) in [7, 11) is 5.06. The van der Waals surface area contributed by atoms with Crippen LogP contribution in [-0.2, 0) is 9.47 Å². The third-order valence-electron chi connectivity index (χ3n) is 1.23. The van der Waals surface area contributed by atoms with Gasteiger partial charge in [0.2, 0.25) is 0 Å². The normalized spacial score (nSPS) is 11.9. The summed E-state index contributed by atoms with van der Waals surface area (Å²) in [6.45, 7) is 6.34. The van der Waals surface area contributed by atoms with E-state index in [4.69, 9.17) is 9.47 Å². The second-order valence-electron chi connectivity index (χ2n) is 2.72. The lowest BCUT2D eigenvalue weighted by Gasteiger charge is -2.08. The van der Waals surface area contributed by atoms with Gasteiger partial charge in [0.25, 0.3) is 0 Å². The van der Waals surface area contributed by atoms with Gasteiger partial charge in [0.05, 0.1) is 13.2 Å². The van der Waals surface area contributed by atoms with Crippen molar-refractivity contribution in [1.29, 1.82) is 0 Å². The van der Waals surface area contributed by atoms with Crippen molar-refractivity contribution in [3.63, 3.8) is 0 Å². The van der Waals surface area contributed by atoms with Crippen LogP contribution in [0.3, 0.4) is 0 Å². The second-order valence-corrected chi connectivity index (χ2v) is 7.57. The molecule has 0 aliphatic heterocycles. The van der Waals surface area contributed by atoms with Crippen LogP contribution in [-0.4, -0.2) is 34.8 Å². The molecule has 0 aromatic heterocycles. The van der Waals surface area contributed by atoms with Crippen molar-refractivity contribution in [2.45, 2.75) is 26.0 Å². The van der Waals surface area contributed by atoms with E-state index in [2.05, 4.69) is 0 Å². The average molecular weight is 316 g/mol. The topological polar surface area (TPSA) is 52.6 Å². The highest BCUT2D eigenvalue weighted by atomic mass is 33.1. The fraction of sp³-hybridized carbons (Fsp3) is 0.778. The second kappa shape index (κ2) is 11.4. The summed E-state index contributed by atoms with van der Waals surface area (Å²) >= 11 is 0. The Morgan fingerprint density at radius 1 is 1.06 bits per heavy atom. The summed E-state index contributed by atoms with van der Waals surface area (Å²) < 4.78 is 9.55. The Hall–Kier alpha value is 0.340. The van der Waals surface area contributed by atoms with Crippen LogP contribution in [0.4, 0.5) is 9.59 Å². The molecule has 0 spiro atoms. The van der Waals surface area contributed by atoms with Crippen LogP contribution in [0, 0.1) is 0 Å². The van der Waals surface area contributed by atoms with E-state index in [1.807, 2.05) is 6.92 Å².